The second kappa shape index (κ2) is 5.76. The molecule has 1 aromatic rings. The Bertz CT molecular complexity index is 530. The summed E-state index contributed by atoms with van der Waals surface area (Å²) in [5.41, 5.74) is 0.900. The van der Waals surface area contributed by atoms with Crippen molar-refractivity contribution in [2.75, 3.05) is 6.54 Å². The van der Waals surface area contributed by atoms with Crippen LogP contribution in [-0.4, -0.2) is 34.7 Å². The maximum Gasteiger partial charge on any atom is 0.410 e. The molecular weight excluding hydrogens is 270 g/mol. The van der Waals surface area contributed by atoms with Gasteiger partial charge < -0.3 is 9.84 Å². The van der Waals surface area contributed by atoms with E-state index in [2.05, 4.69) is 0 Å². The quantitative estimate of drug-likeness (QED) is 0.928. The van der Waals surface area contributed by atoms with Crippen molar-refractivity contribution in [2.45, 2.75) is 31.9 Å². The van der Waals surface area contributed by atoms with Crippen molar-refractivity contribution >= 4 is 12.1 Å². The van der Waals surface area contributed by atoms with E-state index >= 15 is 0 Å². The van der Waals surface area contributed by atoms with Gasteiger partial charge in [0.1, 0.15) is 12.6 Å². The third kappa shape index (κ3) is 2.73. The SMILES string of the molecule is O=C(O)[C@@H]1[C@H]2CCC[C@H]2CN1C(=O)OCc1ccccc1. The smallest absolute Gasteiger partial charge is 0.410 e. The zero-order valence-corrected chi connectivity index (χ0v) is 11.8. The fraction of sp³-hybridized carbons (Fsp3) is 0.500. The van der Waals surface area contributed by atoms with Crippen LogP contribution < -0.4 is 0 Å². The fourth-order valence-electron chi connectivity index (χ4n) is 3.61. The fourth-order valence-corrected chi connectivity index (χ4v) is 3.61. The molecule has 0 aromatic heterocycles. The molecule has 2 fully saturated rings. The van der Waals surface area contributed by atoms with Gasteiger partial charge in [-0.15, -0.1) is 0 Å². The summed E-state index contributed by atoms with van der Waals surface area (Å²) >= 11 is 0. The van der Waals surface area contributed by atoms with Gasteiger partial charge >= 0.3 is 12.1 Å². The first kappa shape index (κ1) is 13.9. The molecule has 1 aromatic carbocycles. The molecule has 112 valence electrons. The number of fused-ring (bicyclic) bond motifs is 1. The molecule has 3 atom stereocenters. The summed E-state index contributed by atoms with van der Waals surface area (Å²) in [6, 6.07) is 8.68. The number of carbonyl (C=O) groups excluding carboxylic acids is 1. The summed E-state index contributed by atoms with van der Waals surface area (Å²) in [7, 11) is 0. The van der Waals surface area contributed by atoms with Gasteiger partial charge in [0.2, 0.25) is 0 Å². The van der Waals surface area contributed by atoms with E-state index < -0.39 is 18.1 Å². The van der Waals surface area contributed by atoms with Crippen molar-refractivity contribution in [3.63, 3.8) is 0 Å². The maximum atomic E-state index is 12.2. The Morgan fingerprint density at radius 1 is 1.24 bits per heavy atom. The van der Waals surface area contributed by atoms with Crippen LogP contribution >= 0.6 is 0 Å². The molecule has 1 aliphatic heterocycles. The molecule has 0 bridgehead atoms. The Kier molecular flexibility index (Phi) is 3.82. The molecule has 0 radical (unpaired) electrons. The Morgan fingerprint density at radius 2 is 2.00 bits per heavy atom. The van der Waals surface area contributed by atoms with E-state index in [0.717, 1.165) is 24.8 Å². The zero-order chi connectivity index (χ0) is 14.8. The lowest BCUT2D eigenvalue weighted by atomic mass is 9.94. The van der Waals surface area contributed by atoms with Crippen molar-refractivity contribution in [2.24, 2.45) is 11.8 Å². The van der Waals surface area contributed by atoms with Crippen LogP contribution in [0.25, 0.3) is 0 Å². The molecule has 5 heteroatoms. The third-order valence-electron chi connectivity index (χ3n) is 4.58. The zero-order valence-electron chi connectivity index (χ0n) is 11.8. The van der Waals surface area contributed by atoms with Gasteiger partial charge in [-0.1, -0.05) is 36.8 Å². The molecule has 21 heavy (non-hydrogen) atoms. The monoisotopic (exact) mass is 289 g/mol. The number of likely N-dealkylation sites (tertiary alicyclic amines) is 1. The Morgan fingerprint density at radius 3 is 2.71 bits per heavy atom. The highest BCUT2D eigenvalue weighted by Gasteiger charge is 2.50. The number of hydrogen-bond acceptors (Lipinski definition) is 3. The molecular formula is C16H19NO4. The maximum absolute atomic E-state index is 12.2. The number of nitrogens with zero attached hydrogens (tertiary/aromatic N) is 1. The number of ether oxygens (including phenoxy) is 1. The number of amides is 1. The first-order chi connectivity index (χ1) is 10.2. The van der Waals surface area contributed by atoms with E-state index in [1.165, 1.54) is 4.90 Å². The summed E-state index contributed by atoms with van der Waals surface area (Å²) < 4.78 is 5.28. The minimum atomic E-state index is -0.916. The lowest BCUT2D eigenvalue weighted by Gasteiger charge is -2.23. The van der Waals surface area contributed by atoms with E-state index in [9.17, 15) is 14.7 Å². The predicted molar refractivity (Wildman–Crippen MR) is 75.6 cm³/mol. The number of rotatable bonds is 3. The van der Waals surface area contributed by atoms with Gasteiger partial charge in [-0.2, -0.15) is 0 Å². The molecule has 1 heterocycles. The Balaban J connectivity index is 1.65. The van der Waals surface area contributed by atoms with Gasteiger partial charge in [0.15, 0.2) is 0 Å². The molecule has 1 aliphatic carbocycles. The van der Waals surface area contributed by atoms with Crippen LogP contribution in [-0.2, 0) is 16.1 Å². The topological polar surface area (TPSA) is 66.8 Å². The number of carboxylic acids is 1. The number of aliphatic carboxylic acids is 1. The number of carbonyl (C=O) groups is 2. The summed E-state index contributed by atoms with van der Waals surface area (Å²) in [4.78, 5) is 25.1. The van der Waals surface area contributed by atoms with Crippen molar-refractivity contribution in [3.8, 4) is 0 Å². The van der Waals surface area contributed by atoms with E-state index in [1.54, 1.807) is 0 Å². The summed E-state index contributed by atoms with van der Waals surface area (Å²) in [6.45, 7) is 0.688. The molecule has 1 saturated carbocycles. The van der Waals surface area contributed by atoms with Gasteiger partial charge in [-0.3, -0.25) is 4.90 Å². The van der Waals surface area contributed by atoms with Gasteiger partial charge in [-0.05, 0) is 30.2 Å². The summed E-state index contributed by atoms with van der Waals surface area (Å²) in [5.74, 6) is -0.511. The van der Waals surface area contributed by atoms with Crippen molar-refractivity contribution < 1.29 is 19.4 Å². The van der Waals surface area contributed by atoms with Crippen LogP contribution in [0.5, 0.6) is 0 Å². The lowest BCUT2D eigenvalue weighted by Crippen LogP contribution is -2.43. The largest absolute Gasteiger partial charge is 0.480 e. The van der Waals surface area contributed by atoms with Crippen LogP contribution in [0.15, 0.2) is 30.3 Å². The predicted octanol–water partition coefficient (Wildman–Crippen LogP) is 2.51. The number of benzene rings is 1. The van der Waals surface area contributed by atoms with E-state index in [4.69, 9.17) is 4.74 Å². The van der Waals surface area contributed by atoms with Crippen molar-refractivity contribution in [1.29, 1.82) is 0 Å². The first-order valence-corrected chi connectivity index (χ1v) is 7.37. The number of hydrogen-bond donors (Lipinski definition) is 1. The van der Waals surface area contributed by atoms with E-state index in [0.29, 0.717) is 12.5 Å². The molecule has 1 amide bonds. The molecule has 0 unspecified atom stereocenters. The average Bonchev–Trinajstić information content (AvgIpc) is 3.05. The highest BCUT2D eigenvalue weighted by atomic mass is 16.6. The minimum Gasteiger partial charge on any atom is -0.480 e. The Hall–Kier alpha value is -2.04. The first-order valence-electron chi connectivity index (χ1n) is 7.37. The normalized spacial score (nSPS) is 27.4. The highest BCUT2D eigenvalue weighted by molar-refractivity contribution is 5.81. The van der Waals surface area contributed by atoms with Gasteiger partial charge in [0.05, 0.1) is 0 Å². The third-order valence-corrected chi connectivity index (χ3v) is 4.58. The molecule has 0 spiro atoms. The average molecular weight is 289 g/mol. The van der Waals surface area contributed by atoms with Crippen LogP contribution in [0, 0.1) is 11.8 Å². The van der Waals surface area contributed by atoms with Crippen LogP contribution in [0.3, 0.4) is 0 Å². The van der Waals surface area contributed by atoms with Crippen molar-refractivity contribution in [3.05, 3.63) is 35.9 Å². The molecule has 5 nitrogen and oxygen atoms in total. The molecule has 1 N–H and O–H groups in total. The molecule has 3 rings (SSSR count). The van der Waals surface area contributed by atoms with Crippen molar-refractivity contribution in [1.82, 2.24) is 4.90 Å². The van der Waals surface area contributed by atoms with E-state index in [-0.39, 0.29) is 12.5 Å². The van der Waals surface area contributed by atoms with Crippen LogP contribution in [0.1, 0.15) is 24.8 Å². The van der Waals surface area contributed by atoms with Gasteiger partial charge in [-0.25, -0.2) is 9.59 Å². The highest BCUT2D eigenvalue weighted by Crippen LogP contribution is 2.42. The summed E-state index contributed by atoms with van der Waals surface area (Å²) in [5, 5.41) is 9.42. The molecule has 1 saturated heterocycles. The molecule has 2 aliphatic rings. The van der Waals surface area contributed by atoms with E-state index in [1.807, 2.05) is 30.3 Å². The summed E-state index contributed by atoms with van der Waals surface area (Å²) in [6.07, 6.45) is 2.45. The standard InChI is InChI=1S/C16H19NO4/c18-15(19)14-13-8-4-7-12(13)9-17(14)16(20)21-10-11-5-2-1-3-6-11/h1-3,5-6,12-14H,4,7-10H2,(H,18,19)/t12-,13-,14-/m0/s1. The van der Waals surface area contributed by atoms with Gasteiger partial charge in [0.25, 0.3) is 0 Å². The number of carboxylic acid groups (broad SMARTS) is 1. The van der Waals surface area contributed by atoms with Gasteiger partial charge in [0, 0.05) is 6.54 Å². The lowest BCUT2D eigenvalue weighted by molar-refractivity contribution is -0.143. The second-order valence-corrected chi connectivity index (χ2v) is 5.83. The minimum absolute atomic E-state index is 0.0896. The van der Waals surface area contributed by atoms with Crippen LogP contribution in [0.2, 0.25) is 0 Å². The Labute approximate surface area is 123 Å². The van der Waals surface area contributed by atoms with Crippen LogP contribution in [0.4, 0.5) is 4.79 Å². The second-order valence-electron chi connectivity index (χ2n) is 5.83.